The zero-order chi connectivity index (χ0) is 10.6. The number of halogens is 1. The van der Waals surface area contributed by atoms with Gasteiger partial charge in [0.2, 0.25) is 11.8 Å². The van der Waals surface area contributed by atoms with Gasteiger partial charge < -0.3 is 10.2 Å². The number of carbonyl (C=O) groups is 2. The molecule has 0 aromatic carbocycles. The average molecular weight is 219 g/mol. The molecule has 1 rings (SSSR count). The molecular formula is C9H15ClN2O2. The molecule has 1 saturated carbocycles. The number of carbonyl (C=O) groups excluding carboxylic acids is 2. The van der Waals surface area contributed by atoms with Crippen LogP contribution in [0.5, 0.6) is 0 Å². The van der Waals surface area contributed by atoms with Gasteiger partial charge in [-0.1, -0.05) is 0 Å². The lowest BCUT2D eigenvalue weighted by Crippen LogP contribution is -2.39. The maximum atomic E-state index is 11.3. The molecule has 1 N–H and O–H groups in total. The van der Waals surface area contributed by atoms with Gasteiger partial charge in [-0.3, -0.25) is 9.59 Å². The Labute approximate surface area is 88.6 Å². The van der Waals surface area contributed by atoms with E-state index in [-0.39, 0.29) is 24.8 Å². The number of rotatable bonds is 5. The summed E-state index contributed by atoms with van der Waals surface area (Å²) in [5.74, 6) is 0.122. The highest BCUT2D eigenvalue weighted by Crippen LogP contribution is 2.18. The Morgan fingerprint density at radius 1 is 1.50 bits per heavy atom. The fourth-order valence-electron chi connectivity index (χ4n) is 1.08. The lowest BCUT2D eigenvalue weighted by Gasteiger charge is -2.15. The van der Waals surface area contributed by atoms with Crippen LogP contribution in [-0.2, 0) is 9.59 Å². The zero-order valence-corrected chi connectivity index (χ0v) is 9.01. The van der Waals surface area contributed by atoms with Crippen LogP contribution in [0.4, 0.5) is 0 Å². The summed E-state index contributed by atoms with van der Waals surface area (Å²) >= 11 is 5.42. The third-order valence-electron chi connectivity index (χ3n) is 2.06. The smallest absolute Gasteiger partial charge is 0.239 e. The van der Waals surface area contributed by atoms with Crippen molar-refractivity contribution in [2.45, 2.75) is 25.3 Å². The minimum absolute atomic E-state index is 0.0853. The topological polar surface area (TPSA) is 49.4 Å². The second-order valence-electron chi connectivity index (χ2n) is 3.53. The number of nitrogens with one attached hydrogen (secondary N) is 1. The first-order chi connectivity index (χ1) is 6.63. The average Bonchev–Trinajstić information content (AvgIpc) is 2.88. The van der Waals surface area contributed by atoms with Gasteiger partial charge in [0.25, 0.3) is 0 Å². The quantitative estimate of drug-likeness (QED) is 0.678. The van der Waals surface area contributed by atoms with Crippen molar-refractivity contribution in [1.29, 1.82) is 0 Å². The first-order valence-corrected chi connectivity index (χ1v) is 5.26. The van der Waals surface area contributed by atoms with Gasteiger partial charge in [0.1, 0.15) is 0 Å². The number of alkyl halides is 1. The van der Waals surface area contributed by atoms with E-state index in [4.69, 9.17) is 11.6 Å². The highest BCUT2D eigenvalue weighted by atomic mass is 35.5. The molecule has 14 heavy (non-hydrogen) atoms. The van der Waals surface area contributed by atoms with Crippen molar-refractivity contribution in [2.75, 3.05) is 19.5 Å². The summed E-state index contributed by atoms with van der Waals surface area (Å²) in [4.78, 5) is 23.9. The standard InChI is InChI=1S/C9H15ClN2O2/c1-12(9(14)4-5-10)6-8(13)11-7-2-3-7/h7H,2-6H2,1H3,(H,11,13). The van der Waals surface area contributed by atoms with E-state index in [0.29, 0.717) is 11.9 Å². The SMILES string of the molecule is CN(CC(=O)NC1CC1)C(=O)CCCl. The van der Waals surface area contributed by atoms with Crippen LogP contribution in [0.15, 0.2) is 0 Å². The molecule has 0 radical (unpaired) electrons. The molecule has 0 aromatic heterocycles. The van der Waals surface area contributed by atoms with E-state index in [1.54, 1.807) is 7.05 Å². The number of likely N-dealkylation sites (N-methyl/N-ethyl adjacent to an activating group) is 1. The summed E-state index contributed by atoms with van der Waals surface area (Å²) in [6.07, 6.45) is 2.41. The molecule has 1 fully saturated rings. The molecule has 0 heterocycles. The van der Waals surface area contributed by atoms with Crippen molar-refractivity contribution >= 4 is 23.4 Å². The highest BCUT2D eigenvalue weighted by Gasteiger charge is 2.24. The summed E-state index contributed by atoms with van der Waals surface area (Å²) in [7, 11) is 1.61. The molecule has 0 aliphatic heterocycles. The van der Waals surface area contributed by atoms with Gasteiger partial charge in [-0.2, -0.15) is 0 Å². The first kappa shape index (κ1) is 11.3. The monoisotopic (exact) mass is 218 g/mol. The Morgan fingerprint density at radius 2 is 2.14 bits per heavy atom. The van der Waals surface area contributed by atoms with E-state index < -0.39 is 0 Å². The summed E-state index contributed by atoms with van der Waals surface area (Å²) in [5, 5.41) is 2.82. The highest BCUT2D eigenvalue weighted by molar-refractivity contribution is 6.18. The van der Waals surface area contributed by atoms with Crippen molar-refractivity contribution in [3.8, 4) is 0 Å². The maximum absolute atomic E-state index is 11.3. The predicted molar refractivity (Wildman–Crippen MR) is 54.1 cm³/mol. The molecule has 2 amide bonds. The zero-order valence-electron chi connectivity index (χ0n) is 8.25. The fourth-order valence-corrected chi connectivity index (χ4v) is 1.24. The van der Waals surface area contributed by atoms with Crippen LogP contribution in [0.3, 0.4) is 0 Å². The van der Waals surface area contributed by atoms with Crippen LogP contribution in [0.1, 0.15) is 19.3 Å². The Bertz CT molecular complexity index is 229. The van der Waals surface area contributed by atoms with Crippen LogP contribution in [0, 0.1) is 0 Å². The van der Waals surface area contributed by atoms with Crippen LogP contribution < -0.4 is 5.32 Å². The van der Waals surface area contributed by atoms with Gasteiger partial charge in [0.05, 0.1) is 6.54 Å². The van der Waals surface area contributed by atoms with Gasteiger partial charge in [0.15, 0.2) is 0 Å². The predicted octanol–water partition coefficient (Wildman–Crippen LogP) is 0.352. The van der Waals surface area contributed by atoms with E-state index in [2.05, 4.69) is 5.32 Å². The second kappa shape index (κ2) is 5.20. The van der Waals surface area contributed by atoms with Crippen molar-refractivity contribution in [1.82, 2.24) is 10.2 Å². The molecule has 0 bridgehead atoms. The summed E-state index contributed by atoms with van der Waals surface area (Å²) < 4.78 is 0. The first-order valence-electron chi connectivity index (χ1n) is 4.72. The number of nitrogens with zero attached hydrogens (tertiary/aromatic N) is 1. The van der Waals surface area contributed by atoms with Gasteiger partial charge in [0, 0.05) is 25.4 Å². The van der Waals surface area contributed by atoms with Crippen LogP contribution in [0.2, 0.25) is 0 Å². The van der Waals surface area contributed by atoms with Crippen molar-refractivity contribution in [2.24, 2.45) is 0 Å². The maximum Gasteiger partial charge on any atom is 0.239 e. The van der Waals surface area contributed by atoms with E-state index in [9.17, 15) is 9.59 Å². The van der Waals surface area contributed by atoms with E-state index in [1.165, 1.54) is 4.90 Å². The van der Waals surface area contributed by atoms with E-state index in [1.807, 2.05) is 0 Å². The molecule has 1 aliphatic carbocycles. The minimum atomic E-state index is -0.0917. The summed E-state index contributed by atoms with van der Waals surface area (Å²) in [6, 6.07) is 0.346. The molecule has 4 nitrogen and oxygen atoms in total. The molecule has 5 heteroatoms. The van der Waals surface area contributed by atoms with E-state index >= 15 is 0 Å². The van der Waals surface area contributed by atoms with Crippen LogP contribution in [0.25, 0.3) is 0 Å². The van der Waals surface area contributed by atoms with Crippen LogP contribution >= 0.6 is 11.6 Å². The third kappa shape index (κ3) is 3.96. The Kier molecular flexibility index (Phi) is 4.20. The van der Waals surface area contributed by atoms with Gasteiger partial charge in [-0.15, -0.1) is 11.6 Å². The van der Waals surface area contributed by atoms with Crippen molar-refractivity contribution in [3.63, 3.8) is 0 Å². The number of hydrogen-bond donors (Lipinski definition) is 1. The Morgan fingerprint density at radius 3 is 2.64 bits per heavy atom. The van der Waals surface area contributed by atoms with Gasteiger partial charge >= 0.3 is 0 Å². The molecule has 0 saturated heterocycles. The van der Waals surface area contributed by atoms with Crippen molar-refractivity contribution in [3.05, 3.63) is 0 Å². The molecule has 0 spiro atoms. The molecular weight excluding hydrogens is 204 g/mol. The molecule has 0 aromatic rings. The van der Waals surface area contributed by atoms with Gasteiger partial charge in [-0.25, -0.2) is 0 Å². The second-order valence-corrected chi connectivity index (χ2v) is 3.91. The van der Waals surface area contributed by atoms with Crippen molar-refractivity contribution < 1.29 is 9.59 Å². The van der Waals surface area contributed by atoms with Gasteiger partial charge in [-0.05, 0) is 12.8 Å². The fraction of sp³-hybridized carbons (Fsp3) is 0.778. The minimum Gasteiger partial charge on any atom is -0.352 e. The van der Waals surface area contributed by atoms with Crippen LogP contribution in [-0.4, -0.2) is 42.2 Å². The lowest BCUT2D eigenvalue weighted by atomic mass is 10.4. The Balaban J connectivity index is 2.20. The molecule has 1 aliphatic rings. The molecule has 80 valence electrons. The summed E-state index contributed by atoms with van der Waals surface area (Å²) in [6.45, 7) is 0.131. The lowest BCUT2D eigenvalue weighted by molar-refractivity contribution is -0.134. The molecule has 0 unspecified atom stereocenters. The Hall–Kier alpha value is -0.770. The summed E-state index contributed by atoms with van der Waals surface area (Å²) in [5.41, 5.74) is 0. The molecule has 0 atom stereocenters. The normalized spacial score (nSPS) is 15.0. The number of hydrogen-bond acceptors (Lipinski definition) is 2. The third-order valence-corrected chi connectivity index (χ3v) is 2.25. The van der Waals surface area contributed by atoms with E-state index in [0.717, 1.165) is 12.8 Å². The largest absolute Gasteiger partial charge is 0.352 e. The number of amides is 2.